The molecule has 1 rings (SSSR count). The molecule has 1 atom stereocenters. The lowest BCUT2D eigenvalue weighted by atomic mass is 10.2. The normalized spacial score (nSPS) is 10.7. The summed E-state index contributed by atoms with van der Waals surface area (Å²) in [4.78, 5) is 0. The van der Waals surface area contributed by atoms with Crippen molar-refractivity contribution in [1.29, 1.82) is 0 Å². The van der Waals surface area contributed by atoms with Crippen molar-refractivity contribution in [3.05, 3.63) is 29.8 Å². The van der Waals surface area contributed by atoms with Crippen LogP contribution in [0, 0.1) is 0 Å². The van der Waals surface area contributed by atoms with Crippen LogP contribution < -0.4 is 4.74 Å². The van der Waals surface area contributed by atoms with E-state index >= 15 is 0 Å². The SMILES string of the molecule is COc1ccc(CPBr)cc1. The molecular formula is C8H10BrOP. The zero-order valence-electron chi connectivity index (χ0n) is 6.30. The molecule has 1 nitrogen and oxygen atoms in total. The predicted octanol–water partition coefficient (Wildman–Crippen LogP) is 3.18. The van der Waals surface area contributed by atoms with Crippen LogP contribution in [0.5, 0.6) is 5.75 Å². The summed E-state index contributed by atoms with van der Waals surface area (Å²) in [7, 11) is 2.49. The lowest BCUT2D eigenvalue weighted by Crippen LogP contribution is -1.82. The number of methoxy groups -OCH3 is 1. The minimum absolute atomic E-state index is 0.804. The summed E-state index contributed by atoms with van der Waals surface area (Å²) in [5.41, 5.74) is 1.35. The van der Waals surface area contributed by atoms with Gasteiger partial charge in [0.1, 0.15) is 5.75 Å². The standard InChI is InChI=1S/C8H10BrOP/c1-10-8-4-2-7(3-5-8)6-11-9/h2-5,11H,6H2,1H3. The zero-order valence-corrected chi connectivity index (χ0v) is 8.89. The largest absolute Gasteiger partial charge is 0.497 e. The summed E-state index contributed by atoms with van der Waals surface area (Å²) in [5, 5.41) is 0. The molecule has 11 heavy (non-hydrogen) atoms. The fraction of sp³-hybridized carbons (Fsp3) is 0.250. The van der Waals surface area contributed by atoms with E-state index in [9.17, 15) is 0 Å². The number of hydrogen-bond donors (Lipinski definition) is 0. The predicted molar refractivity (Wildman–Crippen MR) is 53.9 cm³/mol. The third-order valence-corrected chi connectivity index (χ3v) is 2.81. The van der Waals surface area contributed by atoms with Crippen LogP contribution in [0.3, 0.4) is 0 Å². The molecule has 0 heterocycles. The van der Waals surface area contributed by atoms with Crippen molar-refractivity contribution in [3.63, 3.8) is 0 Å². The molecule has 60 valence electrons. The van der Waals surface area contributed by atoms with Crippen LogP contribution in [0.25, 0.3) is 0 Å². The molecule has 0 aliphatic carbocycles. The first kappa shape index (κ1) is 9.02. The first-order chi connectivity index (χ1) is 5.36. The average molecular weight is 233 g/mol. The van der Waals surface area contributed by atoms with Crippen molar-refractivity contribution < 1.29 is 4.74 Å². The Morgan fingerprint density at radius 3 is 2.45 bits per heavy atom. The summed E-state index contributed by atoms with van der Waals surface area (Å²) in [6.07, 6.45) is 1.10. The topological polar surface area (TPSA) is 9.23 Å². The third-order valence-electron chi connectivity index (χ3n) is 1.43. The van der Waals surface area contributed by atoms with Crippen LogP contribution in [-0.2, 0) is 6.16 Å². The highest BCUT2D eigenvalue weighted by molar-refractivity contribution is 9.36. The van der Waals surface area contributed by atoms with Gasteiger partial charge in [0.15, 0.2) is 0 Å². The molecule has 0 bridgehead atoms. The third kappa shape index (κ3) is 2.80. The van der Waals surface area contributed by atoms with Gasteiger partial charge in [-0.15, -0.1) is 0 Å². The van der Waals surface area contributed by atoms with E-state index in [2.05, 4.69) is 27.6 Å². The van der Waals surface area contributed by atoms with E-state index in [0.29, 0.717) is 0 Å². The van der Waals surface area contributed by atoms with Crippen molar-refractivity contribution in [1.82, 2.24) is 0 Å². The van der Waals surface area contributed by atoms with Gasteiger partial charge in [0.25, 0.3) is 0 Å². The van der Waals surface area contributed by atoms with Crippen LogP contribution in [0.2, 0.25) is 0 Å². The highest BCUT2D eigenvalue weighted by atomic mass is 79.9. The van der Waals surface area contributed by atoms with Crippen LogP contribution in [0.4, 0.5) is 0 Å². The second-order valence-corrected chi connectivity index (χ2v) is 4.46. The molecule has 0 saturated carbocycles. The van der Waals surface area contributed by atoms with Crippen LogP contribution in [0.15, 0.2) is 24.3 Å². The average Bonchev–Trinajstić information content (AvgIpc) is 2.07. The van der Waals surface area contributed by atoms with Gasteiger partial charge in [0, 0.05) is 0 Å². The van der Waals surface area contributed by atoms with E-state index in [1.54, 1.807) is 7.11 Å². The quantitative estimate of drug-likeness (QED) is 0.728. The maximum absolute atomic E-state index is 5.04. The number of rotatable bonds is 3. The molecule has 0 aliphatic rings. The fourth-order valence-corrected chi connectivity index (χ4v) is 2.18. The van der Waals surface area contributed by atoms with Gasteiger partial charge < -0.3 is 4.74 Å². The number of benzene rings is 1. The van der Waals surface area contributed by atoms with E-state index in [0.717, 1.165) is 19.2 Å². The maximum Gasteiger partial charge on any atom is 0.118 e. The van der Waals surface area contributed by atoms with E-state index in [4.69, 9.17) is 4.74 Å². The van der Waals surface area contributed by atoms with E-state index in [-0.39, 0.29) is 0 Å². The molecule has 0 N–H and O–H groups in total. The van der Waals surface area contributed by atoms with Crippen LogP contribution >= 0.6 is 22.8 Å². The lowest BCUT2D eigenvalue weighted by molar-refractivity contribution is 0.414. The van der Waals surface area contributed by atoms with Crippen molar-refractivity contribution in [2.45, 2.75) is 6.16 Å². The molecule has 0 radical (unpaired) electrons. The monoisotopic (exact) mass is 232 g/mol. The van der Waals surface area contributed by atoms with Gasteiger partial charge in [0.2, 0.25) is 0 Å². The maximum atomic E-state index is 5.04. The van der Waals surface area contributed by atoms with Crippen molar-refractivity contribution >= 4 is 22.8 Å². The first-order valence-corrected chi connectivity index (χ1v) is 6.79. The molecule has 0 saturated heterocycles. The summed E-state index contributed by atoms with van der Waals surface area (Å²) < 4.78 is 5.04. The second-order valence-electron chi connectivity index (χ2n) is 2.16. The molecule has 0 amide bonds. The molecule has 0 spiro atoms. The lowest BCUT2D eigenvalue weighted by Gasteiger charge is -2.00. The zero-order chi connectivity index (χ0) is 8.10. The van der Waals surface area contributed by atoms with Gasteiger partial charge >= 0.3 is 0 Å². The Hall–Kier alpha value is -0.0700. The molecule has 0 fully saturated rings. The summed E-state index contributed by atoms with van der Waals surface area (Å²) in [6.45, 7) is 0. The Labute approximate surface area is 76.7 Å². The van der Waals surface area contributed by atoms with Crippen molar-refractivity contribution in [2.75, 3.05) is 7.11 Å². The Morgan fingerprint density at radius 2 is 2.00 bits per heavy atom. The summed E-state index contributed by atoms with van der Waals surface area (Å²) >= 11 is 3.42. The number of ether oxygens (including phenoxy) is 1. The van der Waals surface area contributed by atoms with E-state index < -0.39 is 0 Å². The smallest absolute Gasteiger partial charge is 0.118 e. The molecule has 1 aromatic rings. The minimum atomic E-state index is 0.804. The second kappa shape index (κ2) is 4.74. The van der Waals surface area contributed by atoms with Crippen molar-refractivity contribution in [3.8, 4) is 5.75 Å². The Bertz CT molecular complexity index is 210. The summed E-state index contributed by atoms with van der Waals surface area (Å²) in [5.74, 6) is 0.923. The minimum Gasteiger partial charge on any atom is -0.497 e. The van der Waals surface area contributed by atoms with Gasteiger partial charge in [-0.25, -0.2) is 0 Å². The van der Waals surface area contributed by atoms with Gasteiger partial charge in [-0.05, 0) is 31.1 Å². The fourth-order valence-electron chi connectivity index (χ4n) is 0.821. The number of hydrogen-bond acceptors (Lipinski definition) is 1. The highest BCUT2D eigenvalue weighted by Crippen LogP contribution is 2.26. The molecule has 3 heteroatoms. The molecule has 1 aromatic carbocycles. The Balaban J connectivity index is 2.66. The van der Waals surface area contributed by atoms with Crippen LogP contribution in [-0.4, -0.2) is 7.11 Å². The first-order valence-electron chi connectivity index (χ1n) is 3.33. The molecule has 0 aliphatic heterocycles. The highest BCUT2D eigenvalue weighted by Gasteiger charge is 1.91. The molecule has 1 unspecified atom stereocenters. The molecule has 0 aromatic heterocycles. The number of halogens is 1. The van der Waals surface area contributed by atoms with Crippen molar-refractivity contribution in [2.24, 2.45) is 0 Å². The summed E-state index contributed by atoms with van der Waals surface area (Å²) in [6, 6.07) is 8.16. The Morgan fingerprint density at radius 1 is 1.36 bits per heavy atom. The van der Waals surface area contributed by atoms with E-state index in [1.165, 1.54) is 5.56 Å². The van der Waals surface area contributed by atoms with Gasteiger partial charge in [-0.1, -0.05) is 27.6 Å². The van der Waals surface area contributed by atoms with Gasteiger partial charge in [-0.3, -0.25) is 0 Å². The Kier molecular flexibility index (Phi) is 3.88. The molecular weight excluding hydrogens is 223 g/mol. The van der Waals surface area contributed by atoms with Gasteiger partial charge in [-0.2, -0.15) is 0 Å². The van der Waals surface area contributed by atoms with E-state index in [1.807, 2.05) is 12.1 Å². The van der Waals surface area contributed by atoms with Gasteiger partial charge in [0.05, 0.1) is 7.11 Å². The van der Waals surface area contributed by atoms with Crippen LogP contribution in [0.1, 0.15) is 5.56 Å².